The number of carboxylic acids is 2. The van der Waals surface area contributed by atoms with Crippen LogP contribution < -0.4 is 10.2 Å². The van der Waals surface area contributed by atoms with Gasteiger partial charge in [-0.1, -0.05) is 0 Å². The fourth-order valence-electron chi connectivity index (χ4n) is 0.902. The monoisotopic (exact) mass is 366 g/mol. The minimum Gasteiger partial charge on any atom is -0.550 e. The first kappa shape index (κ1) is 20.0. The molecule has 0 aliphatic carbocycles. The Morgan fingerprint density at radius 3 is 1.61 bits per heavy atom. The molecule has 0 fully saturated rings. The Hall–Kier alpha value is -0.301. The fraction of sp³-hybridized carbons (Fsp3) is 0.833. The minimum absolute atomic E-state index is 0.0709. The zero-order valence-corrected chi connectivity index (χ0v) is 14.3. The number of carbonyl (C=O) groups is 2. The summed E-state index contributed by atoms with van der Waals surface area (Å²) < 4.78 is 3.14. The Balaban J connectivity index is 0. The van der Waals surface area contributed by atoms with Crippen molar-refractivity contribution in [3.63, 3.8) is 0 Å². The number of hydrogen-bond donors (Lipinski definition) is 1. The molecule has 104 valence electrons. The van der Waals surface area contributed by atoms with Gasteiger partial charge in [-0.05, 0) is 0 Å². The molecular weight excluding hydrogens is 343 g/mol. The van der Waals surface area contributed by atoms with E-state index in [9.17, 15) is 19.8 Å². The molecule has 0 saturated heterocycles. The molecule has 0 aliphatic rings. The number of carboxylic acid groups (broad SMARTS) is 2. The third-order valence-electron chi connectivity index (χ3n) is 1.74. The number of aliphatic hydroxyl groups is 1. The smallest absolute Gasteiger partial charge is 0.0985 e. The summed E-state index contributed by atoms with van der Waals surface area (Å²) in [4.78, 5) is 19.1. The largest absolute Gasteiger partial charge is 0.550 e. The average Bonchev–Trinajstić information content (AvgIpc) is 2.15. The number of aliphatic carboxylic acids is 2. The van der Waals surface area contributed by atoms with E-state index in [0.717, 1.165) is 11.8 Å². The number of hydrogen-bond acceptors (Lipinski definition) is 5. The standard InChI is InChI=1S/C4H6O5.2C4H9.Sn/c5-2(4(8)9)1-3(6)7;2*1-4(2)3;/h2,5H,1H2,(H,6,7)(H,8,9);2*4H,1H2,2-3H3;/q;;;+2/p-2. The molecule has 0 saturated carbocycles. The van der Waals surface area contributed by atoms with Gasteiger partial charge in [-0.3, -0.25) is 0 Å². The maximum Gasteiger partial charge on any atom is 0.0985 e. The van der Waals surface area contributed by atoms with E-state index in [0.29, 0.717) is 0 Å². The molecule has 0 bridgehead atoms. The first-order valence-electron chi connectivity index (χ1n) is 5.96. The van der Waals surface area contributed by atoms with Crippen LogP contribution in [0, 0.1) is 11.8 Å². The summed E-state index contributed by atoms with van der Waals surface area (Å²) in [5.41, 5.74) is 0. The van der Waals surface area contributed by atoms with E-state index in [1.54, 1.807) is 8.87 Å². The summed E-state index contributed by atoms with van der Waals surface area (Å²) >= 11 is 0.0709. The van der Waals surface area contributed by atoms with Crippen LogP contribution in [0.15, 0.2) is 0 Å². The van der Waals surface area contributed by atoms with Crippen LogP contribution in [-0.4, -0.2) is 44.3 Å². The predicted molar refractivity (Wildman–Crippen MR) is 65.7 cm³/mol. The van der Waals surface area contributed by atoms with Crippen LogP contribution in [0.4, 0.5) is 0 Å². The first-order valence-corrected chi connectivity index (χ1v) is 9.99. The second-order valence-corrected chi connectivity index (χ2v) is 8.61. The molecule has 0 rings (SSSR count). The maximum atomic E-state index is 9.58. The Labute approximate surface area is 119 Å². The Morgan fingerprint density at radius 2 is 1.44 bits per heavy atom. The molecule has 0 radical (unpaired) electrons. The molecule has 0 aliphatic heterocycles. The van der Waals surface area contributed by atoms with Gasteiger partial charge in [-0.2, -0.15) is 0 Å². The molecule has 0 aromatic carbocycles. The Morgan fingerprint density at radius 1 is 1.06 bits per heavy atom. The quantitative estimate of drug-likeness (QED) is 0.588. The predicted octanol–water partition coefficient (Wildman–Crippen LogP) is -0.924. The van der Waals surface area contributed by atoms with Gasteiger partial charge in [-0.15, -0.1) is 0 Å². The van der Waals surface area contributed by atoms with E-state index in [1.165, 1.54) is 0 Å². The fourth-order valence-corrected chi connectivity index (χ4v) is 4.67. The number of rotatable bonds is 7. The normalized spacial score (nSPS) is 11.5. The van der Waals surface area contributed by atoms with Gasteiger partial charge < -0.3 is 24.9 Å². The topological polar surface area (TPSA) is 100 Å². The van der Waals surface area contributed by atoms with Gasteiger partial charge in [-0.25, -0.2) is 0 Å². The van der Waals surface area contributed by atoms with Crippen molar-refractivity contribution >= 4 is 33.1 Å². The first-order chi connectivity index (χ1) is 8.16. The third-order valence-corrected chi connectivity index (χ3v) is 8.05. The molecule has 0 heterocycles. The van der Waals surface area contributed by atoms with Crippen molar-refractivity contribution < 1.29 is 24.9 Å². The summed E-state index contributed by atoms with van der Waals surface area (Å²) in [7, 11) is 0. The summed E-state index contributed by atoms with van der Waals surface area (Å²) in [6.45, 7) is 9.34. The number of carbonyl (C=O) groups excluding carboxylic acids is 2. The molecule has 6 heteroatoms. The molecular formula is C12H22O5Sn. The van der Waals surface area contributed by atoms with E-state index in [1.807, 2.05) is 0 Å². The van der Waals surface area contributed by atoms with Gasteiger partial charge in [0.25, 0.3) is 0 Å². The molecule has 1 N–H and O–H groups in total. The minimum atomic E-state index is -1.96. The van der Waals surface area contributed by atoms with Crippen LogP contribution in [-0.2, 0) is 9.59 Å². The van der Waals surface area contributed by atoms with Gasteiger partial charge in [0.15, 0.2) is 0 Å². The van der Waals surface area contributed by atoms with Crippen LogP contribution >= 0.6 is 0 Å². The Kier molecular flexibility index (Phi) is 13.1. The Bertz CT molecular complexity index is 233. The van der Waals surface area contributed by atoms with E-state index in [4.69, 9.17) is 5.11 Å². The van der Waals surface area contributed by atoms with E-state index in [-0.39, 0.29) is 21.1 Å². The molecule has 0 aromatic rings. The van der Waals surface area contributed by atoms with Crippen molar-refractivity contribution in [1.82, 2.24) is 0 Å². The van der Waals surface area contributed by atoms with Crippen LogP contribution in [0.3, 0.4) is 0 Å². The molecule has 1 atom stereocenters. The SMILES string of the molecule is CC(C)[CH2][Sn+2][CH2]C(C)C.O=C([O-])CC(O)C(=O)[O-]. The summed E-state index contributed by atoms with van der Waals surface area (Å²) in [5.74, 6) is -1.49. The van der Waals surface area contributed by atoms with Crippen LogP contribution in [0.2, 0.25) is 8.87 Å². The van der Waals surface area contributed by atoms with Crippen molar-refractivity contribution in [3.8, 4) is 0 Å². The van der Waals surface area contributed by atoms with Crippen molar-refractivity contribution in [3.05, 3.63) is 0 Å². The van der Waals surface area contributed by atoms with Crippen LogP contribution in [0.5, 0.6) is 0 Å². The summed E-state index contributed by atoms with van der Waals surface area (Å²) in [6.07, 6.45) is -2.89. The maximum absolute atomic E-state index is 9.58. The molecule has 5 nitrogen and oxygen atoms in total. The number of aliphatic hydroxyl groups excluding tert-OH is 1. The zero-order chi connectivity index (χ0) is 14.7. The van der Waals surface area contributed by atoms with E-state index >= 15 is 0 Å². The third kappa shape index (κ3) is 18.1. The van der Waals surface area contributed by atoms with E-state index in [2.05, 4.69) is 27.7 Å². The molecule has 0 amide bonds. The molecule has 1 unspecified atom stereocenters. The van der Waals surface area contributed by atoms with Crippen molar-refractivity contribution in [2.24, 2.45) is 11.8 Å². The zero-order valence-electron chi connectivity index (χ0n) is 11.4. The van der Waals surface area contributed by atoms with Crippen molar-refractivity contribution in [2.75, 3.05) is 0 Å². The molecule has 18 heavy (non-hydrogen) atoms. The van der Waals surface area contributed by atoms with Gasteiger partial charge in [0.2, 0.25) is 0 Å². The summed E-state index contributed by atoms with van der Waals surface area (Å²) in [6, 6.07) is 0. The van der Waals surface area contributed by atoms with Crippen LogP contribution in [0.1, 0.15) is 34.1 Å². The van der Waals surface area contributed by atoms with Crippen LogP contribution in [0.25, 0.3) is 0 Å². The molecule has 0 aromatic heterocycles. The van der Waals surface area contributed by atoms with Gasteiger partial charge in [0.05, 0.1) is 12.1 Å². The average molecular weight is 365 g/mol. The molecule has 0 spiro atoms. The van der Waals surface area contributed by atoms with Gasteiger partial charge in [0.1, 0.15) is 0 Å². The second-order valence-electron chi connectivity index (χ2n) is 4.86. The second kappa shape index (κ2) is 11.8. The van der Waals surface area contributed by atoms with Gasteiger partial charge in [0, 0.05) is 12.4 Å². The van der Waals surface area contributed by atoms with Crippen molar-refractivity contribution in [2.45, 2.75) is 49.1 Å². The van der Waals surface area contributed by atoms with E-state index < -0.39 is 24.5 Å². The van der Waals surface area contributed by atoms with Gasteiger partial charge >= 0.3 is 69.5 Å². The summed E-state index contributed by atoms with van der Waals surface area (Å²) in [5, 5.41) is 27.3. The van der Waals surface area contributed by atoms with Crippen molar-refractivity contribution in [1.29, 1.82) is 0 Å².